The monoisotopic (exact) mass is 449 g/mol. The van der Waals surface area contributed by atoms with E-state index in [2.05, 4.69) is 20.6 Å². The Bertz CT molecular complexity index is 1250. The number of ketones is 1. The molecule has 1 atom stereocenters. The van der Waals surface area contributed by atoms with E-state index in [1.807, 2.05) is 19.1 Å². The quantitative estimate of drug-likeness (QED) is 0.307. The van der Waals surface area contributed by atoms with Crippen molar-refractivity contribution in [3.8, 4) is 0 Å². The van der Waals surface area contributed by atoms with Crippen molar-refractivity contribution < 1.29 is 14.0 Å². The van der Waals surface area contributed by atoms with Crippen LogP contribution in [0.25, 0.3) is 0 Å². The molecule has 1 amide bonds. The van der Waals surface area contributed by atoms with E-state index in [0.29, 0.717) is 16.4 Å². The van der Waals surface area contributed by atoms with Crippen LogP contribution in [0, 0.1) is 5.82 Å². The van der Waals surface area contributed by atoms with Gasteiger partial charge in [-0.2, -0.15) is 0 Å². The van der Waals surface area contributed by atoms with Crippen LogP contribution in [0.2, 0.25) is 0 Å². The van der Waals surface area contributed by atoms with Crippen molar-refractivity contribution in [3.05, 3.63) is 94.4 Å². The first-order valence-electron chi connectivity index (χ1n) is 9.79. The molecule has 7 nitrogen and oxygen atoms in total. The number of nitrogens with two attached hydrogens (primary N) is 1. The molecule has 5 N–H and O–H groups in total. The lowest BCUT2D eigenvalue weighted by Gasteiger charge is -2.13. The van der Waals surface area contributed by atoms with Gasteiger partial charge in [0.05, 0.1) is 11.6 Å². The maximum absolute atomic E-state index is 13.9. The molecular weight excluding hydrogens is 429 g/mol. The number of halogens is 1. The lowest BCUT2D eigenvalue weighted by molar-refractivity contribution is 0.0938. The van der Waals surface area contributed by atoms with Crippen molar-refractivity contribution in [2.75, 3.05) is 11.1 Å². The first-order valence-corrected chi connectivity index (χ1v) is 10.6. The lowest BCUT2D eigenvalue weighted by atomic mass is 10.1. The Kier molecular flexibility index (Phi) is 6.00. The largest absolute Gasteiger partial charge is 0.382 e. The predicted molar refractivity (Wildman–Crippen MR) is 123 cm³/mol. The summed E-state index contributed by atoms with van der Waals surface area (Å²) >= 11 is 1.04. The summed E-state index contributed by atoms with van der Waals surface area (Å²) < 4.78 is 13.9. The van der Waals surface area contributed by atoms with Gasteiger partial charge in [0, 0.05) is 23.1 Å². The Hall–Kier alpha value is -3.98. The second-order valence-electron chi connectivity index (χ2n) is 7.07. The van der Waals surface area contributed by atoms with Crippen LogP contribution in [0.3, 0.4) is 0 Å². The topological polar surface area (TPSA) is 113 Å². The standard InChI is InChI=1S/C23H20FN5O2S/c1-13(18-7-4-12-26-18)27-22(31)14-8-10-15(11-9-14)28-23-29-21(25)20(32-23)19(30)16-5-2-3-6-17(16)24/h2-13,26H,25H2,1H3,(H,27,31)(H,28,29). The maximum Gasteiger partial charge on any atom is 0.251 e. The minimum absolute atomic E-state index is 0.0278. The summed E-state index contributed by atoms with van der Waals surface area (Å²) in [5, 5.41) is 6.37. The van der Waals surface area contributed by atoms with Gasteiger partial charge in [-0.3, -0.25) is 9.59 Å². The molecule has 0 fully saturated rings. The SMILES string of the molecule is CC(NC(=O)c1ccc(Nc2nc(N)c(C(=O)c3ccccc3F)s2)cc1)c1ccc[nH]1. The normalized spacial score (nSPS) is 11.7. The lowest BCUT2D eigenvalue weighted by Crippen LogP contribution is -2.26. The van der Waals surface area contributed by atoms with Crippen molar-refractivity contribution in [1.82, 2.24) is 15.3 Å². The summed E-state index contributed by atoms with van der Waals surface area (Å²) in [6.07, 6.45) is 1.80. The minimum Gasteiger partial charge on any atom is -0.382 e. The number of nitrogens with one attached hydrogen (secondary N) is 3. The third-order valence-corrected chi connectivity index (χ3v) is 5.80. The number of carbonyl (C=O) groups excluding carboxylic acids is 2. The third kappa shape index (κ3) is 4.52. The molecule has 0 spiro atoms. The van der Waals surface area contributed by atoms with Crippen molar-refractivity contribution in [1.29, 1.82) is 0 Å². The fourth-order valence-electron chi connectivity index (χ4n) is 3.12. The van der Waals surface area contributed by atoms with Crippen molar-refractivity contribution in [2.45, 2.75) is 13.0 Å². The number of thiazole rings is 1. The number of anilines is 3. The zero-order valence-corrected chi connectivity index (χ0v) is 17.9. The summed E-state index contributed by atoms with van der Waals surface area (Å²) in [5.41, 5.74) is 7.92. The molecule has 2 heterocycles. The molecule has 0 saturated heterocycles. The van der Waals surface area contributed by atoms with Crippen LogP contribution in [0.5, 0.6) is 0 Å². The van der Waals surface area contributed by atoms with Gasteiger partial charge in [0.15, 0.2) is 5.13 Å². The molecule has 0 bridgehead atoms. The van der Waals surface area contributed by atoms with E-state index in [1.165, 1.54) is 18.2 Å². The Labute approximate surface area is 187 Å². The number of aromatic nitrogens is 2. The molecule has 162 valence electrons. The maximum atomic E-state index is 13.9. The van der Waals surface area contributed by atoms with E-state index in [9.17, 15) is 14.0 Å². The molecule has 0 saturated carbocycles. The molecule has 32 heavy (non-hydrogen) atoms. The van der Waals surface area contributed by atoms with Gasteiger partial charge in [-0.15, -0.1) is 0 Å². The van der Waals surface area contributed by atoms with Crippen LogP contribution in [-0.4, -0.2) is 21.7 Å². The number of hydrogen-bond donors (Lipinski definition) is 4. The minimum atomic E-state index is -0.612. The summed E-state index contributed by atoms with van der Waals surface area (Å²) in [7, 11) is 0. The van der Waals surface area contributed by atoms with E-state index < -0.39 is 11.6 Å². The Balaban J connectivity index is 1.44. The second-order valence-corrected chi connectivity index (χ2v) is 8.06. The molecule has 0 aliphatic carbocycles. The molecule has 0 radical (unpaired) electrons. The van der Waals surface area contributed by atoms with Gasteiger partial charge in [0.25, 0.3) is 5.91 Å². The zero-order valence-electron chi connectivity index (χ0n) is 17.1. The smallest absolute Gasteiger partial charge is 0.251 e. The number of nitrogens with zero attached hydrogens (tertiary/aromatic N) is 1. The van der Waals surface area contributed by atoms with Gasteiger partial charge in [-0.05, 0) is 55.5 Å². The molecule has 2 aromatic heterocycles. The summed E-state index contributed by atoms with van der Waals surface area (Å²) in [4.78, 5) is 32.5. The van der Waals surface area contributed by atoms with Gasteiger partial charge in [-0.1, -0.05) is 23.5 Å². The Morgan fingerprint density at radius 1 is 1.09 bits per heavy atom. The summed E-state index contributed by atoms with van der Waals surface area (Å²) in [6.45, 7) is 1.90. The molecule has 4 rings (SSSR count). The van der Waals surface area contributed by atoms with E-state index in [0.717, 1.165) is 17.0 Å². The molecule has 4 aromatic rings. The zero-order chi connectivity index (χ0) is 22.7. The molecule has 0 aliphatic heterocycles. The second kappa shape index (κ2) is 9.03. The van der Waals surface area contributed by atoms with E-state index in [-0.39, 0.29) is 28.2 Å². The first kappa shape index (κ1) is 21.3. The molecule has 0 aliphatic rings. The third-order valence-electron chi connectivity index (χ3n) is 4.81. The van der Waals surface area contributed by atoms with Gasteiger partial charge in [0.1, 0.15) is 16.5 Å². The first-order chi connectivity index (χ1) is 15.4. The predicted octanol–water partition coefficient (Wildman–Crippen LogP) is 4.66. The molecular formula is C23H20FN5O2S. The van der Waals surface area contributed by atoms with E-state index in [4.69, 9.17) is 5.73 Å². The highest BCUT2D eigenvalue weighted by Crippen LogP contribution is 2.30. The molecule has 1 unspecified atom stereocenters. The van der Waals surface area contributed by atoms with Crippen LogP contribution in [0.4, 0.5) is 21.0 Å². The van der Waals surface area contributed by atoms with Crippen LogP contribution in [-0.2, 0) is 0 Å². The number of benzene rings is 2. The van der Waals surface area contributed by atoms with Gasteiger partial charge >= 0.3 is 0 Å². The molecule has 2 aromatic carbocycles. The van der Waals surface area contributed by atoms with Crippen molar-refractivity contribution >= 4 is 39.7 Å². The van der Waals surface area contributed by atoms with Crippen LogP contribution in [0.1, 0.15) is 44.3 Å². The van der Waals surface area contributed by atoms with E-state index >= 15 is 0 Å². The van der Waals surface area contributed by atoms with Crippen molar-refractivity contribution in [2.24, 2.45) is 0 Å². The highest BCUT2D eigenvalue weighted by atomic mass is 32.1. The van der Waals surface area contributed by atoms with Gasteiger partial charge < -0.3 is 21.4 Å². The average molecular weight is 450 g/mol. The van der Waals surface area contributed by atoms with Crippen LogP contribution < -0.4 is 16.4 Å². The Morgan fingerprint density at radius 2 is 1.84 bits per heavy atom. The average Bonchev–Trinajstić information content (AvgIpc) is 3.44. The number of carbonyl (C=O) groups is 2. The van der Waals surface area contributed by atoms with Crippen LogP contribution in [0.15, 0.2) is 66.9 Å². The highest BCUT2D eigenvalue weighted by molar-refractivity contribution is 7.18. The fourth-order valence-corrected chi connectivity index (χ4v) is 3.97. The van der Waals surface area contributed by atoms with Gasteiger partial charge in [0.2, 0.25) is 5.78 Å². The number of rotatable bonds is 7. The Morgan fingerprint density at radius 3 is 2.53 bits per heavy atom. The number of nitrogen functional groups attached to an aromatic ring is 1. The van der Waals surface area contributed by atoms with Gasteiger partial charge in [-0.25, -0.2) is 9.37 Å². The number of aromatic amines is 1. The summed E-state index contributed by atoms with van der Waals surface area (Å²) in [5.74, 6) is -1.30. The number of hydrogen-bond acceptors (Lipinski definition) is 6. The fraction of sp³-hybridized carbons (Fsp3) is 0.0870. The number of amides is 1. The van der Waals surface area contributed by atoms with Crippen LogP contribution >= 0.6 is 11.3 Å². The molecule has 9 heteroatoms. The number of H-pyrrole nitrogens is 1. The highest BCUT2D eigenvalue weighted by Gasteiger charge is 2.20. The van der Waals surface area contributed by atoms with Crippen molar-refractivity contribution in [3.63, 3.8) is 0 Å². The van der Waals surface area contributed by atoms with E-state index in [1.54, 1.807) is 36.5 Å². The summed E-state index contributed by atoms with van der Waals surface area (Å²) in [6, 6.07) is 16.2.